The molecule has 0 spiro atoms. The van der Waals surface area contributed by atoms with Gasteiger partial charge in [-0.15, -0.1) is 0 Å². The molecule has 0 saturated carbocycles. The number of hydrogen-bond acceptors (Lipinski definition) is 4. The average molecular weight is 457 g/mol. The second-order valence-corrected chi connectivity index (χ2v) is 9.83. The van der Waals surface area contributed by atoms with E-state index in [1.807, 2.05) is 31.2 Å². The van der Waals surface area contributed by atoms with E-state index in [4.69, 9.17) is 0 Å². The molecule has 1 aliphatic heterocycles. The van der Waals surface area contributed by atoms with Crippen LogP contribution >= 0.6 is 0 Å². The number of benzene rings is 2. The summed E-state index contributed by atoms with van der Waals surface area (Å²) in [7, 11) is -3.68. The first kappa shape index (κ1) is 22.3. The molecular weight excluding hydrogens is 428 g/mol. The van der Waals surface area contributed by atoms with Crippen LogP contribution in [-0.2, 0) is 27.9 Å². The van der Waals surface area contributed by atoms with Gasteiger partial charge in [-0.2, -0.15) is 4.31 Å². The van der Waals surface area contributed by atoms with Crippen molar-refractivity contribution in [1.29, 1.82) is 0 Å². The number of hydrogen-bond donors (Lipinski definition) is 1. The van der Waals surface area contributed by atoms with Gasteiger partial charge in [-0.05, 0) is 44.0 Å². The number of aromatic nitrogens is 2. The first-order chi connectivity index (χ1) is 15.4. The smallest absolute Gasteiger partial charge is 0.325 e. The van der Waals surface area contributed by atoms with E-state index in [2.05, 4.69) is 5.32 Å². The van der Waals surface area contributed by atoms with Gasteiger partial charge in [0.25, 0.3) is 0 Å². The molecule has 2 heterocycles. The molecule has 1 aliphatic rings. The normalized spacial score (nSPS) is 15.2. The number of imidazole rings is 1. The van der Waals surface area contributed by atoms with Crippen molar-refractivity contribution in [3.8, 4) is 0 Å². The van der Waals surface area contributed by atoms with Crippen LogP contribution < -0.4 is 11.0 Å². The average Bonchev–Trinajstić information content (AvgIpc) is 3.09. The number of sulfonamides is 1. The van der Waals surface area contributed by atoms with E-state index in [0.717, 1.165) is 30.3 Å². The summed E-state index contributed by atoms with van der Waals surface area (Å²) in [5.74, 6) is -0.341. The number of carbonyl (C=O) groups excluding carboxylic acids is 1. The fraction of sp³-hybridized carbons (Fsp3) is 0.391. The zero-order valence-corrected chi connectivity index (χ0v) is 19.0. The molecule has 9 heteroatoms. The highest BCUT2D eigenvalue weighted by molar-refractivity contribution is 7.89. The fourth-order valence-corrected chi connectivity index (χ4v) is 5.92. The zero-order valence-electron chi connectivity index (χ0n) is 18.2. The summed E-state index contributed by atoms with van der Waals surface area (Å²) in [6.07, 6.45) is 2.76. The molecule has 0 unspecified atom stereocenters. The van der Waals surface area contributed by atoms with Gasteiger partial charge >= 0.3 is 5.69 Å². The molecule has 2 aromatic carbocycles. The van der Waals surface area contributed by atoms with Crippen LogP contribution in [0.4, 0.5) is 5.69 Å². The molecule has 0 radical (unpaired) electrons. The number of piperidine rings is 1. The van der Waals surface area contributed by atoms with Crippen LogP contribution in [0.15, 0.2) is 58.2 Å². The van der Waals surface area contributed by atoms with Crippen LogP contribution in [0.2, 0.25) is 0 Å². The second kappa shape index (κ2) is 9.30. The first-order valence-electron chi connectivity index (χ1n) is 11.0. The Kier molecular flexibility index (Phi) is 6.48. The Morgan fingerprint density at radius 1 is 0.938 bits per heavy atom. The molecule has 0 aliphatic carbocycles. The third-order valence-electron chi connectivity index (χ3n) is 5.90. The monoisotopic (exact) mass is 456 g/mol. The van der Waals surface area contributed by atoms with Crippen molar-refractivity contribution in [2.45, 2.75) is 50.6 Å². The number of nitrogens with zero attached hydrogens (tertiary/aromatic N) is 3. The highest BCUT2D eigenvalue weighted by Gasteiger charge is 2.28. The number of anilines is 1. The lowest BCUT2D eigenvalue weighted by atomic mass is 10.2. The van der Waals surface area contributed by atoms with E-state index in [9.17, 15) is 18.0 Å². The summed E-state index contributed by atoms with van der Waals surface area (Å²) in [5.41, 5.74) is 1.72. The number of amides is 1. The van der Waals surface area contributed by atoms with Crippen molar-refractivity contribution in [3.05, 3.63) is 59.0 Å². The van der Waals surface area contributed by atoms with Gasteiger partial charge in [0.15, 0.2) is 0 Å². The maximum Gasteiger partial charge on any atom is 0.329 e. The lowest BCUT2D eigenvalue weighted by Gasteiger charge is -2.26. The standard InChI is InChI=1S/C23H28N4O4S/c1-2-26-19-11-5-6-12-20(19)27(23(26)29)17-14-22(28)24-18-10-4-7-13-21(18)32(30,31)25-15-8-3-9-16-25/h4-7,10-13H,2-3,8-9,14-17H2,1H3,(H,24,28). The number of aryl methyl sites for hydroxylation is 2. The van der Waals surface area contributed by atoms with Crippen molar-refractivity contribution in [3.63, 3.8) is 0 Å². The van der Waals surface area contributed by atoms with Crippen LogP contribution in [0.25, 0.3) is 11.0 Å². The molecule has 1 aromatic heterocycles. The van der Waals surface area contributed by atoms with Crippen LogP contribution in [0.5, 0.6) is 0 Å². The van der Waals surface area contributed by atoms with Gasteiger partial charge in [0, 0.05) is 32.6 Å². The van der Waals surface area contributed by atoms with E-state index in [1.54, 1.807) is 27.3 Å². The minimum atomic E-state index is -3.68. The summed E-state index contributed by atoms with van der Waals surface area (Å²) in [5, 5.41) is 2.75. The largest absolute Gasteiger partial charge is 0.329 e. The van der Waals surface area contributed by atoms with Gasteiger partial charge in [-0.25, -0.2) is 13.2 Å². The molecule has 1 saturated heterocycles. The summed E-state index contributed by atoms with van der Waals surface area (Å²) in [6.45, 7) is 3.65. The van der Waals surface area contributed by atoms with Crippen molar-refractivity contribution in [1.82, 2.24) is 13.4 Å². The van der Waals surface area contributed by atoms with Gasteiger partial charge in [0.05, 0.1) is 16.7 Å². The zero-order chi connectivity index (χ0) is 22.7. The second-order valence-electron chi connectivity index (χ2n) is 7.93. The Hall–Kier alpha value is -2.91. The lowest BCUT2D eigenvalue weighted by Crippen LogP contribution is -2.36. The Bertz CT molecular complexity index is 1290. The minimum absolute atomic E-state index is 0.0513. The molecule has 1 amide bonds. The van der Waals surface area contributed by atoms with Crippen LogP contribution in [0.3, 0.4) is 0 Å². The lowest BCUT2D eigenvalue weighted by molar-refractivity contribution is -0.116. The Morgan fingerprint density at radius 3 is 2.25 bits per heavy atom. The quantitative estimate of drug-likeness (QED) is 0.591. The molecule has 8 nitrogen and oxygen atoms in total. The van der Waals surface area contributed by atoms with Gasteiger partial charge < -0.3 is 5.32 Å². The van der Waals surface area contributed by atoms with E-state index in [0.29, 0.717) is 19.6 Å². The number of fused-ring (bicyclic) bond motifs is 1. The van der Waals surface area contributed by atoms with Gasteiger partial charge in [0.2, 0.25) is 15.9 Å². The number of para-hydroxylation sites is 3. The Labute approximate surface area is 187 Å². The summed E-state index contributed by atoms with van der Waals surface area (Å²) in [6, 6.07) is 14.0. The van der Waals surface area contributed by atoms with E-state index in [1.165, 1.54) is 10.4 Å². The maximum absolute atomic E-state index is 13.1. The predicted octanol–water partition coefficient (Wildman–Crippen LogP) is 3.03. The van der Waals surface area contributed by atoms with Crippen molar-refractivity contribution < 1.29 is 13.2 Å². The van der Waals surface area contributed by atoms with Crippen molar-refractivity contribution in [2.24, 2.45) is 0 Å². The summed E-state index contributed by atoms with van der Waals surface area (Å²) in [4.78, 5) is 25.6. The maximum atomic E-state index is 13.1. The SMILES string of the molecule is CCn1c(=O)n(CCC(=O)Nc2ccccc2S(=O)(=O)N2CCCCC2)c2ccccc21. The number of nitrogens with one attached hydrogen (secondary N) is 1. The molecule has 0 atom stereocenters. The molecule has 3 aromatic rings. The van der Waals surface area contributed by atoms with Gasteiger partial charge in [-0.1, -0.05) is 30.7 Å². The summed E-state index contributed by atoms with van der Waals surface area (Å²) >= 11 is 0. The van der Waals surface area contributed by atoms with E-state index in [-0.39, 0.29) is 35.1 Å². The first-order valence-corrected chi connectivity index (χ1v) is 12.4. The molecule has 32 heavy (non-hydrogen) atoms. The highest BCUT2D eigenvalue weighted by atomic mass is 32.2. The molecule has 4 rings (SSSR count). The topological polar surface area (TPSA) is 93.4 Å². The summed E-state index contributed by atoms with van der Waals surface area (Å²) < 4.78 is 31.0. The van der Waals surface area contributed by atoms with E-state index < -0.39 is 10.0 Å². The predicted molar refractivity (Wildman–Crippen MR) is 124 cm³/mol. The van der Waals surface area contributed by atoms with Crippen LogP contribution in [-0.4, -0.2) is 40.9 Å². The Balaban J connectivity index is 1.52. The molecule has 1 fully saturated rings. The highest BCUT2D eigenvalue weighted by Crippen LogP contribution is 2.27. The Morgan fingerprint density at radius 2 is 1.56 bits per heavy atom. The third-order valence-corrected chi connectivity index (χ3v) is 7.85. The van der Waals surface area contributed by atoms with Crippen LogP contribution in [0.1, 0.15) is 32.6 Å². The van der Waals surface area contributed by atoms with Crippen molar-refractivity contribution >= 4 is 32.7 Å². The number of carbonyl (C=O) groups is 1. The van der Waals surface area contributed by atoms with Gasteiger partial charge in [-0.3, -0.25) is 13.9 Å². The van der Waals surface area contributed by atoms with Crippen molar-refractivity contribution in [2.75, 3.05) is 18.4 Å². The minimum Gasteiger partial charge on any atom is -0.325 e. The third kappa shape index (κ3) is 4.22. The van der Waals surface area contributed by atoms with Gasteiger partial charge in [0.1, 0.15) is 4.90 Å². The molecular formula is C23H28N4O4S. The fourth-order valence-electron chi connectivity index (χ4n) is 4.26. The number of rotatable bonds is 7. The van der Waals surface area contributed by atoms with Crippen LogP contribution in [0, 0.1) is 0 Å². The molecule has 1 N–H and O–H groups in total. The van der Waals surface area contributed by atoms with E-state index >= 15 is 0 Å². The molecule has 170 valence electrons. The molecule has 0 bridgehead atoms.